The maximum Gasteiger partial charge on any atom is 0.306 e. The molecule has 2 rings (SSSR count). The summed E-state index contributed by atoms with van der Waals surface area (Å²) in [7, 11) is 0. The van der Waals surface area contributed by atoms with E-state index < -0.39 is 0 Å². The van der Waals surface area contributed by atoms with Gasteiger partial charge >= 0.3 is 5.97 Å². The summed E-state index contributed by atoms with van der Waals surface area (Å²) in [5.41, 5.74) is 1.33. The molecular formula is C10H14O2. The van der Waals surface area contributed by atoms with Crippen molar-refractivity contribution in [2.45, 2.75) is 44.6 Å². The molecule has 1 aliphatic heterocycles. The Morgan fingerprint density at radius 2 is 2.17 bits per heavy atom. The third kappa shape index (κ3) is 1.26. The van der Waals surface area contributed by atoms with Gasteiger partial charge in [0.05, 0.1) is 0 Å². The van der Waals surface area contributed by atoms with Gasteiger partial charge < -0.3 is 4.74 Å². The molecule has 0 aromatic heterocycles. The molecule has 1 heterocycles. The minimum Gasteiger partial charge on any atom is -0.459 e. The molecule has 0 saturated carbocycles. The Bertz CT molecular complexity index is 242. The van der Waals surface area contributed by atoms with Crippen LogP contribution < -0.4 is 0 Å². The Morgan fingerprint density at radius 1 is 1.42 bits per heavy atom. The molecule has 0 aromatic carbocycles. The van der Waals surface area contributed by atoms with Crippen LogP contribution in [0.2, 0.25) is 0 Å². The molecule has 0 bridgehead atoms. The fourth-order valence-corrected chi connectivity index (χ4v) is 1.98. The van der Waals surface area contributed by atoms with Gasteiger partial charge in [0.25, 0.3) is 0 Å². The van der Waals surface area contributed by atoms with Crippen molar-refractivity contribution in [1.82, 2.24) is 0 Å². The fraction of sp³-hybridized carbons (Fsp3) is 0.700. The molecule has 12 heavy (non-hydrogen) atoms. The van der Waals surface area contributed by atoms with Crippen LogP contribution in [0.3, 0.4) is 0 Å². The summed E-state index contributed by atoms with van der Waals surface area (Å²) in [4.78, 5) is 11.0. The maximum atomic E-state index is 11.0. The highest BCUT2D eigenvalue weighted by Gasteiger charge is 2.40. The molecule has 1 spiro atoms. The van der Waals surface area contributed by atoms with Gasteiger partial charge in [0.2, 0.25) is 0 Å². The minimum atomic E-state index is -0.101. The van der Waals surface area contributed by atoms with Crippen LogP contribution in [0.1, 0.15) is 39.0 Å². The van der Waals surface area contributed by atoms with E-state index in [4.69, 9.17) is 4.74 Å². The zero-order valence-electron chi connectivity index (χ0n) is 7.43. The highest BCUT2D eigenvalue weighted by Crippen LogP contribution is 2.38. The van der Waals surface area contributed by atoms with E-state index in [0.29, 0.717) is 6.42 Å². The topological polar surface area (TPSA) is 26.3 Å². The molecule has 66 valence electrons. The van der Waals surface area contributed by atoms with Crippen molar-refractivity contribution in [3.63, 3.8) is 0 Å². The van der Waals surface area contributed by atoms with Gasteiger partial charge in [-0.25, -0.2) is 0 Å². The fourth-order valence-electron chi connectivity index (χ4n) is 1.98. The van der Waals surface area contributed by atoms with E-state index in [1.54, 1.807) is 0 Å². The summed E-state index contributed by atoms with van der Waals surface area (Å²) < 4.78 is 5.35. The molecule has 0 radical (unpaired) electrons. The summed E-state index contributed by atoms with van der Waals surface area (Å²) in [6.45, 7) is 2.14. The lowest BCUT2D eigenvalue weighted by Crippen LogP contribution is -2.29. The van der Waals surface area contributed by atoms with Gasteiger partial charge in [0, 0.05) is 12.8 Å². The Morgan fingerprint density at radius 3 is 2.67 bits per heavy atom. The Kier molecular flexibility index (Phi) is 1.71. The first kappa shape index (κ1) is 7.84. The minimum absolute atomic E-state index is 0.0112. The van der Waals surface area contributed by atoms with Crippen molar-refractivity contribution >= 4 is 5.97 Å². The normalized spacial score (nSPS) is 35.1. The molecule has 2 nitrogen and oxygen atoms in total. The number of hydrogen-bond donors (Lipinski definition) is 0. The first-order valence-corrected chi connectivity index (χ1v) is 4.58. The van der Waals surface area contributed by atoms with E-state index in [2.05, 4.69) is 13.0 Å². The van der Waals surface area contributed by atoms with Crippen molar-refractivity contribution in [2.24, 2.45) is 0 Å². The predicted molar refractivity (Wildman–Crippen MR) is 45.7 cm³/mol. The Labute approximate surface area is 72.6 Å². The third-order valence-electron chi connectivity index (χ3n) is 2.91. The van der Waals surface area contributed by atoms with E-state index >= 15 is 0 Å². The van der Waals surface area contributed by atoms with Crippen LogP contribution in [0.15, 0.2) is 11.6 Å². The number of allylic oxidation sites excluding steroid dienone is 1. The molecule has 2 heteroatoms. The average Bonchev–Trinajstić information content (AvgIpc) is 2.40. The van der Waals surface area contributed by atoms with Gasteiger partial charge in [0.15, 0.2) is 0 Å². The van der Waals surface area contributed by atoms with Crippen LogP contribution in [0, 0.1) is 0 Å². The number of esters is 1. The highest BCUT2D eigenvalue weighted by atomic mass is 16.6. The lowest BCUT2D eigenvalue weighted by molar-refractivity contribution is -0.148. The molecule has 1 unspecified atom stereocenters. The van der Waals surface area contributed by atoms with Crippen LogP contribution in [-0.2, 0) is 9.53 Å². The van der Waals surface area contributed by atoms with Crippen LogP contribution in [0.5, 0.6) is 0 Å². The SMILES string of the molecule is CC1=CCC2(CCC(=O)O2)CC1. The number of ether oxygens (including phenoxy) is 1. The number of carbonyl (C=O) groups excluding carboxylic acids is 1. The third-order valence-corrected chi connectivity index (χ3v) is 2.91. The number of hydrogen-bond acceptors (Lipinski definition) is 2. The van der Waals surface area contributed by atoms with Gasteiger partial charge in [-0.1, -0.05) is 11.6 Å². The predicted octanol–water partition coefficient (Wildman–Crippen LogP) is 2.19. The van der Waals surface area contributed by atoms with E-state index in [0.717, 1.165) is 25.7 Å². The van der Waals surface area contributed by atoms with Crippen molar-refractivity contribution in [1.29, 1.82) is 0 Å². The highest BCUT2D eigenvalue weighted by molar-refractivity contribution is 5.72. The lowest BCUT2D eigenvalue weighted by Gasteiger charge is -2.30. The van der Waals surface area contributed by atoms with Crippen LogP contribution >= 0.6 is 0 Å². The molecule has 1 aliphatic carbocycles. The molecule has 0 amide bonds. The van der Waals surface area contributed by atoms with Crippen molar-refractivity contribution in [3.05, 3.63) is 11.6 Å². The van der Waals surface area contributed by atoms with Crippen LogP contribution in [-0.4, -0.2) is 11.6 Å². The van der Waals surface area contributed by atoms with Gasteiger partial charge in [-0.3, -0.25) is 4.79 Å². The van der Waals surface area contributed by atoms with E-state index in [9.17, 15) is 4.79 Å². The zero-order chi connectivity index (χ0) is 8.60. The second-order valence-corrected chi connectivity index (χ2v) is 3.91. The van der Waals surface area contributed by atoms with Gasteiger partial charge in [-0.2, -0.15) is 0 Å². The molecule has 1 atom stereocenters. The quantitative estimate of drug-likeness (QED) is 0.407. The Balaban J connectivity index is 2.10. The molecule has 1 saturated heterocycles. The summed E-state index contributed by atoms with van der Waals surface area (Å²) in [6, 6.07) is 0. The van der Waals surface area contributed by atoms with E-state index in [1.807, 2.05) is 0 Å². The van der Waals surface area contributed by atoms with Crippen molar-refractivity contribution < 1.29 is 9.53 Å². The second kappa shape index (κ2) is 2.61. The zero-order valence-corrected chi connectivity index (χ0v) is 7.43. The molecular weight excluding hydrogens is 152 g/mol. The number of carbonyl (C=O) groups is 1. The molecule has 0 aromatic rings. The first-order chi connectivity index (χ1) is 5.70. The monoisotopic (exact) mass is 166 g/mol. The molecule has 0 N–H and O–H groups in total. The second-order valence-electron chi connectivity index (χ2n) is 3.91. The standard InChI is InChI=1S/C10H14O2/c1-8-2-5-10(6-3-8)7-4-9(11)12-10/h2H,3-7H2,1H3. The number of rotatable bonds is 0. The van der Waals surface area contributed by atoms with Crippen LogP contribution in [0.25, 0.3) is 0 Å². The first-order valence-electron chi connectivity index (χ1n) is 4.58. The molecule has 1 fully saturated rings. The summed E-state index contributed by atoms with van der Waals surface area (Å²) >= 11 is 0. The van der Waals surface area contributed by atoms with E-state index in [1.165, 1.54) is 5.57 Å². The van der Waals surface area contributed by atoms with Gasteiger partial charge in [-0.15, -0.1) is 0 Å². The summed E-state index contributed by atoms with van der Waals surface area (Å²) in [5.74, 6) is -0.0112. The summed E-state index contributed by atoms with van der Waals surface area (Å²) in [5, 5.41) is 0. The lowest BCUT2D eigenvalue weighted by atomic mass is 9.84. The average molecular weight is 166 g/mol. The largest absolute Gasteiger partial charge is 0.459 e. The van der Waals surface area contributed by atoms with E-state index in [-0.39, 0.29) is 11.6 Å². The maximum absolute atomic E-state index is 11.0. The summed E-state index contributed by atoms with van der Waals surface area (Å²) in [6.07, 6.45) is 6.81. The molecule has 2 aliphatic rings. The smallest absolute Gasteiger partial charge is 0.306 e. The van der Waals surface area contributed by atoms with Crippen molar-refractivity contribution in [2.75, 3.05) is 0 Å². The van der Waals surface area contributed by atoms with Crippen LogP contribution in [0.4, 0.5) is 0 Å². The van der Waals surface area contributed by atoms with Gasteiger partial charge in [0.1, 0.15) is 5.60 Å². The van der Waals surface area contributed by atoms with Crippen molar-refractivity contribution in [3.8, 4) is 0 Å². The Hall–Kier alpha value is -0.790. The van der Waals surface area contributed by atoms with Gasteiger partial charge in [-0.05, 0) is 26.2 Å².